The van der Waals surface area contributed by atoms with Crippen LogP contribution in [0, 0.1) is 6.92 Å². The molecular weight excluding hydrogens is 483 g/mol. The number of halogens is 2. The molecule has 0 radical (unpaired) electrons. The molecular formula is C23H16Cl2N4O3S. The Kier molecular flexibility index (Phi) is 5.65. The van der Waals surface area contributed by atoms with Crippen LogP contribution in [-0.4, -0.2) is 25.7 Å². The molecule has 0 amide bonds. The largest absolute Gasteiger partial charge is 0.453 e. The minimum atomic E-state index is -0.506. The number of esters is 1. The zero-order valence-electron chi connectivity index (χ0n) is 17.3. The fraction of sp³-hybridized carbons (Fsp3) is 0.130. The van der Waals surface area contributed by atoms with E-state index >= 15 is 0 Å². The summed E-state index contributed by atoms with van der Waals surface area (Å²) in [6, 6.07) is 14.2. The topological polar surface area (TPSA) is 89.9 Å². The van der Waals surface area contributed by atoms with E-state index in [0.29, 0.717) is 32.4 Å². The summed E-state index contributed by atoms with van der Waals surface area (Å²) in [4.78, 5) is 33.2. The van der Waals surface area contributed by atoms with Gasteiger partial charge in [0, 0.05) is 15.4 Å². The fourth-order valence-electron chi connectivity index (χ4n) is 3.54. The van der Waals surface area contributed by atoms with Gasteiger partial charge in [-0.05, 0) is 42.8 Å². The van der Waals surface area contributed by atoms with E-state index in [2.05, 4.69) is 15.1 Å². The van der Waals surface area contributed by atoms with E-state index in [1.165, 1.54) is 11.3 Å². The van der Waals surface area contributed by atoms with Gasteiger partial charge in [-0.1, -0.05) is 41.4 Å². The SMILES string of the molecule is Cc1nn(Cc2ccccc2Cl)c2sc(C(=O)OCc3nc4cc(Cl)ccc4c(=O)[nH]3)cc12. The highest BCUT2D eigenvalue weighted by atomic mass is 35.5. The van der Waals surface area contributed by atoms with Crippen molar-refractivity contribution in [2.45, 2.75) is 20.1 Å². The maximum atomic E-state index is 12.7. The van der Waals surface area contributed by atoms with Gasteiger partial charge in [-0.25, -0.2) is 9.78 Å². The molecule has 0 bridgehead atoms. The maximum Gasteiger partial charge on any atom is 0.348 e. The highest BCUT2D eigenvalue weighted by Crippen LogP contribution is 2.30. The lowest BCUT2D eigenvalue weighted by molar-refractivity contribution is 0.0468. The van der Waals surface area contributed by atoms with Gasteiger partial charge < -0.3 is 9.72 Å². The fourth-order valence-corrected chi connectivity index (χ4v) is 4.96. The normalized spacial score (nSPS) is 11.4. The zero-order valence-corrected chi connectivity index (χ0v) is 19.6. The zero-order chi connectivity index (χ0) is 23.1. The van der Waals surface area contributed by atoms with Gasteiger partial charge in [0.05, 0.1) is 23.1 Å². The molecule has 7 nitrogen and oxygen atoms in total. The van der Waals surface area contributed by atoms with Crippen molar-refractivity contribution >= 4 is 61.6 Å². The minimum absolute atomic E-state index is 0.171. The third-order valence-electron chi connectivity index (χ3n) is 5.14. The molecule has 3 aromatic heterocycles. The Morgan fingerprint density at radius 1 is 1.15 bits per heavy atom. The van der Waals surface area contributed by atoms with Crippen molar-refractivity contribution in [3.63, 3.8) is 0 Å². The van der Waals surface area contributed by atoms with Crippen LogP contribution in [0.15, 0.2) is 53.3 Å². The van der Waals surface area contributed by atoms with E-state index < -0.39 is 5.97 Å². The van der Waals surface area contributed by atoms with Gasteiger partial charge in [0.15, 0.2) is 0 Å². The van der Waals surface area contributed by atoms with Crippen molar-refractivity contribution < 1.29 is 9.53 Å². The highest BCUT2D eigenvalue weighted by Gasteiger charge is 2.18. The van der Waals surface area contributed by atoms with Crippen molar-refractivity contribution in [2.75, 3.05) is 0 Å². The standard InChI is InChI=1S/C23H16Cl2N4O3S/c1-12-16-9-19(33-22(16)29(28-12)10-13-4-2-3-5-17(13)25)23(31)32-11-20-26-18-8-14(24)6-7-15(18)21(30)27-20/h2-9H,10-11H2,1H3,(H,26,27,30). The van der Waals surface area contributed by atoms with E-state index in [1.54, 1.807) is 24.3 Å². The molecule has 5 aromatic rings. The van der Waals surface area contributed by atoms with Crippen LogP contribution in [0.3, 0.4) is 0 Å². The van der Waals surface area contributed by atoms with Crippen LogP contribution in [0.25, 0.3) is 21.1 Å². The summed E-state index contributed by atoms with van der Waals surface area (Å²) in [6.07, 6.45) is 0. The summed E-state index contributed by atoms with van der Waals surface area (Å²) in [7, 11) is 0. The molecule has 0 aliphatic carbocycles. The molecule has 0 saturated carbocycles. The lowest BCUT2D eigenvalue weighted by atomic mass is 10.2. The van der Waals surface area contributed by atoms with Gasteiger partial charge in [-0.2, -0.15) is 5.10 Å². The third kappa shape index (κ3) is 4.25. The first-order valence-electron chi connectivity index (χ1n) is 9.95. The van der Waals surface area contributed by atoms with Crippen LogP contribution in [0.2, 0.25) is 10.0 Å². The number of hydrogen-bond donors (Lipinski definition) is 1. The molecule has 0 fully saturated rings. The number of aromatic amines is 1. The van der Waals surface area contributed by atoms with Crippen LogP contribution < -0.4 is 5.56 Å². The van der Waals surface area contributed by atoms with E-state index in [1.807, 2.05) is 35.9 Å². The summed E-state index contributed by atoms with van der Waals surface area (Å²) < 4.78 is 7.25. The van der Waals surface area contributed by atoms with Crippen molar-refractivity contribution in [3.05, 3.63) is 90.9 Å². The third-order valence-corrected chi connectivity index (χ3v) is 6.88. The quantitative estimate of drug-likeness (QED) is 0.329. The summed E-state index contributed by atoms with van der Waals surface area (Å²) in [5.41, 5.74) is 1.87. The second kappa shape index (κ2) is 8.62. The number of fused-ring (bicyclic) bond motifs is 2. The van der Waals surface area contributed by atoms with E-state index in [9.17, 15) is 9.59 Å². The van der Waals surface area contributed by atoms with E-state index in [-0.39, 0.29) is 18.0 Å². The predicted octanol–water partition coefficient (Wildman–Crippen LogP) is 5.35. The minimum Gasteiger partial charge on any atom is -0.453 e. The summed E-state index contributed by atoms with van der Waals surface area (Å²) in [5.74, 6) is -0.265. The molecule has 0 unspecified atom stereocenters. The number of thiophene rings is 1. The highest BCUT2D eigenvalue weighted by molar-refractivity contribution is 7.20. The number of carbonyl (C=O) groups excluding carboxylic acids is 1. The molecule has 0 saturated heterocycles. The number of rotatable bonds is 5. The Bertz CT molecular complexity index is 1590. The number of ether oxygens (including phenoxy) is 1. The van der Waals surface area contributed by atoms with Gasteiger partial charge in [-0.3, -0.25) is 9.48 Å². The molecule has 5 rings (SSSR count). The van der Waals surface area contributed by atoms with Crippen LogP contribution in [0.4, 0.5) is 0 Å². The van der Waals surface area contributed by atoms with Gasteiger partial charge in [-0.15, -0.1) is 11.3 Å². The lowest BCUT2D eigenvalue weighted by Crippen LogP contribution is -2.14. The van der Waals surface area contributed by atoms with Crippen LogP contribution >= 0.6 is 34.5 Å². The molecule has 0 aliphatic rings. The molecule has 2 aromatic carbocycles. The number of H-pyrrole nitrogens is 1. The Balaban J connectivity index is 1.37. The van der Waals surface area contributed by atoms with Crippen LogP contribution in [-0.2, 0) is 17.9 Å². The monoisotopic (exact) mass is 498 g/mol. The van der Waals surface area contributed by atoms with Gasteiger partial charge >= 0.3 is 5.97 Å². The number of benzene rings is 2. The lowest BCUT2D eigenvalue weighted by Gasteiger charge is -2.05. The maximum absolute atomic E-state index is 12.7. The van der Waals surface area contributed by atoms with Gasteiger partial charge in [0.1, 0.15) is 22.1 Å². The number of nitrogens with one attached hydrogen (secondary N) is 1. The molecule has 33 heavy (non-hydrogen) atoms. The number of nitrogens with zero attached hydrogens (tertiary/aromatic N) is 3. The first kappa shape index (κ1) is 21.6. The van der Waals surface area contributed by atoms with Crippen molar-refractivity contribution in [1.29, 1.82) is 0 Å². The molecule has 0 atom stereocenters. The van der Waals surface area contributed by atoms with Crippen molar-refractivity contribution in [2.24, 2.45) is 0 Å². The van der Waals surface area contributed by atoms with E-state index in [4.69, 9.17) is 27.9 Å². The van der Waals surface area contributed by atoms with Crippen molar-refractivity contribution in [1.82, 2.24) is 19.7 Å². The Labute approximate surface area is 201 Å². The second-order valence-corrected chi connectivity index (χ2v) is 9.29. The Hall–Kier alpha value is -3.20. The van der Waals surface area contributed by atoms with Crippen LogP contribution in [0.1, 0.15) is 26.8 Å². The summed E-state index contributed by atoms with van der Waals surface area (Å²) in [6.45, 7) is 2.21. The molecule has 10 heteroatoms. The molecule has 3 heterocycles. The average molecular weight is 499 g/mol. The number of aromatic nitrogens is 4. The Morgan fingerprint density at radius 3 is 2.79 bits per heavy atom. The molecule has 0 spiro atoms. The van der Waals surface area contributed by atoms with Gasteiger partial charge in [0.25, 0.3) is 5.56 Å². The van der Waals surface area contributed by atoms with Crippen LogP contribution in [0.5, 0.6) is 0 Å². The average Bonchev–Trinajstić information content (AvgIpc) is 3.34. The Morgan fingerprint density at radius 2 is 1.97 bits per heavy atom. The molecule has 1 N–H and O–H groups in total. The second-order valence-electron chi connectivity index (χ2n) is 7.41. The molecule has 0 aliphatic heterocycles. The van der Waals surface area contributed by atoms with Crippen molar-refractivity contribution in [3.8, 4) is 0 Å². The van der Waals surface area contributed by atoms with Gasteiger partial charge in [0.2, 0.25) is 0 Å². The summed E-state index contributed by atoms with van der Waals surface area (Å²) >= 11 is 13.6. The first-order valence-corrected chi connectivity index (χ1v) is 11.5. The smallest absolute Gasteiger partial charge is 0.348 e. The predicted molar refractivity (Wildman–Crippen MR) is 129 cm³/mol. The number of aryl methyl sites for hydroxylation is 1. The first-order chi connectivity index (χ1) is 15.9. The van der Waals surface area contributed by atoms with E-state index in [0.717, 1.165) is 21.5 Å². The number of hydrogen-bond acceptors (Lipinski definition) is 6. The molecule has 166 valence electrons. The summed E-state index contributed by atoms with van der Waals surface area (Å²) in [5, 5.41) is 7.00. The number of carbonyl (C=O) groups is 1.